The van der Waals surface area contributed by atoms with E-state index in [0.717, 1.165) is 16.8 Å². The number of methoxy groups -OCH3 is 1. The van der Waals surface area contributed by atoms with Gasteiger partial charge in [-0.2, -0.15) is 0 Å². The van der Waals surface area contributed by atoms with Crippen molar-refractivity contribution in [1.29, 1.82) is 0 Å². The first-order valence-corrected chi connectivity index (χ1v) is 8.34. The van der Waals surface area contributed by atoms with Gasteiger partial charge in [-0.05, 0) is 24.6 Å². The Hall–Kier alpha value is -2.82. The molecule has 1 saturated heterocycles. The normalized spacial score (nSPS) is 16.8. The van der Waals surface area contributed by atoms with E-state index in [-0.39, 0.29) is 17.9 Å². The van der Waals surface area contributed by atoms with Crippen molar-refractivity contribution in [3.8, 4) is 5.75 Å². The molecule has 3 rings (SSSR count). The Labute approximate surface area is 147 Å². The fourth-order valence-electron chi connectivity index (χ4n) is 3.12. The average Bonchev–Trinajstić information content (AvgIpc) is 2.95. The van der Waals surface area contributed by atoms with Crippen LogP contribution in [0.1, 0.15) is 17.5 Å². The lowest BCUT2D eigenvalue weighted by molar-refractivity contribution is -0.121. The number of rotatable bonds is 5. The number of ether oxygens (including phenoxy) is 1. The highest BCUT2D eigenvalue weighted by molar-refractivity contribution is 5.97. The Morgan fingerprint density at radius 2 is 2.04 bits per heavy atom. The quantitative estimate of drug-likeness (QED) is 0.911. The largest absolute Gasteiger partial charge is 0.497 e. The lowest BCUT2D eigenvalue weighted by Crippen LogP contribution is -2.38. The van der Waals surface area contributed by atoms with Crippen molar-refractivity contribution in [2.45, 2.75) is 25.8 Å². The summed E-state index contributed by atoms with van der Waals surface area (Å²) >= 11 is 0. The number of nitrogens with one attached hydrogen (secondary N) is 1. The molecular weight excluding hydrogens is 316 g/mol. The third-order valence-corrected chi connectivity index (χ3v) is 4.30. The highest BCUT2D eigenvalue weighted by Gasteiger charge is 2.31. The molecule has 0 spiro atoms. The molecule has 0 saturated carbocycles. The summed E-state index contributed by atoms with van der Waals surface area (Å²) in [6, 6.07) is 15.1. The van der Waals surface area contributed by atoms with Crippen molar-refractivity contribution in [2.75, 3.05) is 18.6 Å². The number of carbonyl (C=O) groups is 2. The van der Waals surface area contributed by atoms with Crippen molar-refractivity contribution >= 4 is 17.5 Å². The molecule has 130 valence electrons. The molecule has 0 aliphatic carbocycles. The Balaban J connectivity index is 1.61. The second-order valence-corrected chi connectivity index (χ2v) is 6.34. The van der Waals surface area contributed by atoms with Crippen molar-refractivity contribution in [1.82, 2.24) is 5.32 Å². The van der Waals surface area contributed by atoms with Crippen LogP contribution in [0.15, 0.2) is 48.5 Å². The van der Waals surface area contributed by atoms with Crippen molar-refractivity contribution < 1.29 is 14.3 Å². The van der Waals surface area contributed by atoms with Crippen LogP contribution in [0, 0.1) is 6.92 Å². The van der Waals surface area contributed by atoms with Gasteiger partial charge in [0.2, 0.25) is 11.8 Å². The molecule has 0 radical (unpaired) electrons. The molecule has 0 bridgehead atoms. The first-order valence-electron chi connectivity index (χ1n) is 8.34. The van der Waals surface area contributed by atoms with Gasteiger partial charge in [-0.3, -0.25) is 9.59 Å². The molecule has 1 N–H and O–H groups in total. The molecule has 2 amide bonds. The van der Waals surface area contributed by atoms with Gasteiger partial charge in [-0.25, -0.2) is 0 Å². The van der Waals surface area contributed by atoms with Crippen molar-refractivity contribution in [2.24, 2.45) is 0 Å². The van der Waals surface area contributed by atoms with Gasteiger partial charge in [0.1, 0.15) is 5.75 Å². The van der Waals surface area contributed by atoms with E-state index in [2.05, 4.69) is 5.32 Å². The Morgan fingerprint density at radius 1 is 1.24 bits per heavy atom. The van der Waals surface area contributed by atoms with E-state index >= 15 is 0 Å². The SMILES string of the molecule is COc1cccc(N2C[C@@H](NC(=O)Cc3cccc(C)c3)CC2=O)c1. The summed E-state index contributed by atoms with van der Waals surface area (Å²) in [4.78, 5) is 26.3. The molecule has 0 unspecified atom stereocenters. The molecule has 0 aromatic heterocycles. The number of aryl methyl sites for hydroxylation is 1. The van der Waals surface area contributed by atoms with E-state index in [4.69, 9.17) is 4.74 Å². The van der Waals surface area contributed by atoms with Gasteiger partial charge in [0.05, 0.1) is 19.6 Å². The summed E-state index contributed by atoms with van der Waals surface area (Å²) in [5.41, 5.74) is 2.90. The summed E-state index contributed by atoms with van der Waals surface area (Å²) < 4.78 is 5.21. The molecule has 1 aliphatic rings. The van der Waals surface area contributed by atoms with E-state index in [9.17, 15) is 9.59 Å². The van der Waals surface area contributed by atoms with Crippen LogP contribution in [-0.2, 0) is 16.0 Å². The number of anilines is 1. The van der Waals surface area contributed by atoms with Gasteiger partial charge in [-0.15, -0.1) is 0 Å². The van der Waals surface area contributed by atoms with Crippen LogP contribution in [0.25, 0.3) is 0 Å². The molecule has 2 aromatic rings. The lowest BCUT2D eigenvalue weighted by Gasteiger charge is -2.18. The summed E-state index contributed by atoms with van der Waals surface area (Å²) in [7, 11) is 1.60. The van der Waals surface area contributed by atoms with Crippen LogP contribution < -0.4 is 15.0 Å². The average molecular weight is 338 g/mol. The lowest BCUT2D eigenvalue weighted by atomic mass is 10.1. The van der Waals surface area contributed by atoms with Crippen LogP contribution in [0.2, 0.25) is 0 Å². The second-order valence-electron chi connectivity index (χ2n) is 6.34. The van der Waals surface area contributed by atoms with Crippen molar-refractivity contribution in [3.63, 3.8) is 0 Å². The maximum Gasteiger partial charge on any atom is 0.229 e. The number of hydrogen-bond acceptors (Lipinski definition) is 3. The second kappa shape index (κ2) is 7.38. The summed E-state index contributed by atoms with van der Waals surface area (Å²) in [6.45, 7) is 2.48. The van der Waals surface area contributed by atoms with E-state index in [1.807, 2.05) is 55.5 Å². The zero-order chi connectivity index (χ0) is 17.8. The van der Waals surface area contributed by atoms with Crippen LogP contribution in [-0.4, -0.2) is 31.5 Å². The molecule has 1 atom stereocenters. The predicted octanol–water partition coefficient (Wildman–Crippen LogP) is 2.47. The van der Waals surface area contributed by atoms with Gasteiger partial charge in [0.25, 0.3) is 0 Å². The van der Waals surface area contributed by atoms with E-state index in [1.165, 1.54) is 0 Å². The molecular formula is C20H22N2O3. The standard InChI is InChI=1S/C20H22N2O3/c1-14-5-3-6-15(9-14)10-19(23)21-16-11-20(24)22(13-16)17-7-4-8-18(12-17)25-2/h3-9,12,16H,10-11,13H2,1-2H3,(H,21,23)/t16-/m0/s1. The number of nitrogens with zero attached hydrogens (tertiary/aromatic N) is 1. The van der Waals surface area contributed by atoms with Gasteiger partial charge in [0, 0.05) is 24.7 Å². The van der Waals surface area contributed by atoms with E-state index in [0.29, 0.717) is 25.1 Å². The number of amides is 2. The summed E-state index contributed by atoms with van der Waals surface area (Å²) in [6.07, 6.45) is 0.641. The maximum atomic E-state index is 12.3. The fourth-order valence-corrected chi connectivity index (χ4v) is 3.12. The Kier molecular flexibility index (Phi) is 5.03. The molecule has 5 nitrogen and oxygen atoms in total. The summed E-state index contributed by atoms with van der Waals surface area (Å²) in [5.74, 6) is 0.655. The first-order chi connectivity index (χ1) is 12.0. The van der Waals surface area contributed by atoms with Crippen LogP contribution >= 0.6 is 0 Å². The third-order valence-electron chi connectivity index (χ3n) is 4.30. The minimum Gasteiger partial charge on any atom is -0.497 e. The number of carbonyl (C=O) groups excluding carboxylic acids is 2. The van der Waals surface area contributed by atoms with Gasteiger partial charge < -0.3 is 15.0 Å². The molecule has 1 fully saturated rings. The highest BCUT2D eigenvalue weighted by Crippen LogP contribution is 2.25. The Morgan fingerprint density at radius 3 is 2.80 bits per heavy atom. The van der Waals surface area contributed by atoms with Gasteiger partial charge >= 0.3 is 0 Å². The molecule has 2 aromatic carbocycles. The molecule has 1 aliphatic heterocycles. The van der Waals surface area contributed by atoms with E-state index < -0.39 is 0 Å². The van der Waals surface area contributed by atoms with Crippen molar-refractivity contribution in [3.05, 3.63) is 59.7 Å². The predicted molar refractivity (Wildman–Crippen MR) is 96.8 cm³/mol. The maximum absolute atomic E-state index is 12.3. The molecule has 25 heavy (non-hydrogen) atoms. The zero-order valence-electron chi connectivity index (χ0n) is 14.5. The summed E-state index contributed by atoms with van der Waals surface area (Å²) in [5, 5.41) is 2.97. The molecule has 1 heterocycles. The Bertz CT molecular complexity index is 788. The van der Waals surface area contributed by atoms with Gasteiger partial charge in [0.15, 0.2) is 0 Å². The first kappa shape index (κ1) is 17.0. The third kappa shape index (κ3) is 4.18. The topological polar surface area (TPSA) is 58.6 Å². The highest BCUT2D eigenvalue weighted by atomic mass is 16.5. The van der Waals surface area contributed by atoms with Gasteiger partial charge in [-0.1, -0.05) is 35.9 Å². The van der Waals surface area contributed by atoms with E-state index in [1.54, 1.807) is 12.0 Å². The minimum atomic E-state index is -0.170. The fraction of sp³-hybridized carbons (Fsp3) is 0.300. The number of hydrogen-bond donors (Lipinski definition) is 1. The van der Waals surface area contributed by atoms with Crippen LogP contribution in [0.4, 0.5) is 5.69 Å². The van der Waals surface area contributed by atoms with Crippen LogP contribution in [0.3, 0.4) is 0 Å². The molecule has 5 heteroatoms. The monoisotopic (exact) mass is 338 g/mol. The minimum absolute atomic E-state index is 0.00843. The zero-order valence-corrected chi connectivity index (χ0v) is 14.5. The number of benzene rings is 2. The van der Waals surface area contributed by atoms with Crippen LogP contribution in [0.5, 0.6) is 5.75 Å². The smallest absolute Gasteiger partial charge is 0.229 e.